The van der Waals surface area contributed by atoms with Crippen LogP contribution in [0, 0.1) is 35.5 Å². The van der Waals surface area contributed by atoms with Gasteiger partial charge in [0, 0.05) is 11.5 Å². The lowest BCUT2D eigenvalue weighted by Crippen LogP contribution is -2.26. The van der Waals surface area contributed by atoms with Crippen molar-refractivity contribution in [2.24, 2.45) is 35.5 Å². The van der Waals surface area contributed by atoms with Crippen LogP contribution in [0.15, 0.2) is 42.5 Å². The van der Waals surface area contributed by atoms with Gasteiger partial charge in [0.1, 0.15) is 0 Å². The maximum absolute atomic E-state index is 12.1. The van der Waals surface area contributed by atoms with Crippen LogP contribution in [0.1, 0.15) is 127 Å². The summed E-state index contributed by atoms with van der Waals surface area (Å²) in [5.74, 6) is 3.19. The number of ether oxygens (including phenoxy) is 2. The summed E-state index contributed by atoms with van der Waals surface area (Å²) in [5.41, 5.74) is 4.77. The number of aryl methyl sites for hydroxylation is 2. The summed E-state index contributed by atoms with van der Waals surface area (Å²) in [5, 5.41) is 9.19. The Bertz CT molecular complexity index is 1140. The van der Waals surface area contributed by atoms with E-state index in [1.165, 1.54) is 107 Å². The molecule has 2 fully saturated rings. The quantitative estimate of drug-likeness (QED) is 0.105. The van der Waals surface area contributed by atoms with Gasteiger partial charge in [0.25, 0.3) is 0 Å². The molecule has 0 aromatic heterocycles. The first-order valence-corrected chi connectivity index (χ1v) is 18.6. The summed E-state index contributed by atoms with van der Waals surface area (Å²) in [6.45, 7) is 11.0. The number of fused-ring (bicyclic) bond motifs is 1. The summed E-state index contributed by atoms with van der Waals surface area (Å²) in [7, 11) is 0. The Hall–Kier alpha value is -2.40. The normalized spacial score (nSPS) is 25.2. The molecule has 2 saturated carbocycles. The number of rotatable bonds is 17. The Morgan fingerprint density at radius 2 is 1.46 bits per heavy atom. The van der Waals surface area contributed by atoms with Gasteiger partial charge in [0.05, 0.1) is 25.4 Å². The third-order valence-electron chi connectivity index (χ3n) is 11.5. The lowest BCUT2D eigenvalue weighted by atomic mass is 9.68. The van der Waals surface area contributed by atoms with E-state index in [1.54, 1.807) is 6.92 Å². The third-order valence-corrected chi connectivity index (χ3v) is 11.5. The van der Waals surface area contributed by atoms with Crippen LogP contribution < -0.4 is 0 Å². The molecule has 0 aliphatic heterocycles. The number of unbranched alkanes of at least 4 members (excludes halogenated alkanes) is 2. The van der Waals surface area contributed by atoms with Crippen LogP contribution in [0.25, 0.3) is 0 Å². The lowest BCUT2D eigenvalue weighted by molar-refractivity contribution is -0.144. The molecule has 3 aliphatic carbocycles. The highest BCUT2D eigenvalue weighted by Crippen LogP contribution is 2.43. The second-order valence-electron chi connectivity index (χ2n) is 15.1. The fourth-order valence-corrected chi connectivity index (χ4v) is 8.52. The molecule has 2 atom stereocenters. The van der Waals surface area contributed by atoms with Crippen LogP contribution in [0.4, 0.5) is 0 Å². The van der Waals surface area contributed by atoms with Gasteiger partial charge in [-0.25, -0.2) is 9.59 Å². The Kier molecular flexibility index (Phi) is 14.9. The number of carbonyl (C=O) groups excluding carboxylic acids is 2. The summed E-state index contributed by atoms with van der Waals surface area (Å²) >= 11 is 0. The number of aliphatic hydroxyl groups excluding tert-OH is 1. The summed E-state index contributed by atoms with van der Waals surface area (Å²) in [4.78, 5) is 24.1. The minimum atomic E-state index is -0.608. The van der Waals surface area contributed by atoms with Gasteiger partial charge in [-0.15, -0.1) is 0 Å². The van der Waals surface area contributed by atoms with Crippen molar-refractivity contribution in [1.29, 1.82) is 0 Å². The highest BCUT2D eigenvalue weighted by Gasteiger charge is 2.31. The first-order valence-electron chi connectivity index (χ1n) is 18.6. The Morgan fingerprint density at radius 1 is 0.826 bits per heavy atom. The molecule has 0 heterocycles. The molecule has 46 heavy (non-hydrogen) atoms. The van der Waals surface area contributed by atoms with Crippen molar-refractivity contribution < 1.29 is 24.2 Å². The predicted octanol–water partition coefficient (Wildman–Crippen LogP) is 9.13. The zero-order chi connectivity index (χ0) is 32.9. The van der Waals surface area contributed by atoms with E-state index in [4.69, 9.17) is 9.47 Å². The van der Waals surface area contributed by atoms with E-state index in [9.17, 15) is 14.7 Å². The van der Waals surface area contributed by atoms with E-state index in [0.717, 1.165) is 49.4 Å². The molecule has 1 aromatic carbocycles. The Morgan fingerprint density at radius 3 is 2.07 bits per heavy atom. The van der Waals surface area contributed by atoms with Crippen LogP contribution in [-0.2, 0) is 38.3 Å². The van der Waals surface area contributed by atoms with Gasteiger partial charge < -0.3 is 14.6 Å². The second-order valence-corrected chi connectivity index (χ2v) is 15.1. The molecular weight excluding hydrogens is 572 g/mol. The predicted molar refractivity (Wildman–Crippen MR) is 186 cm³/mol. The van der Waals surface area contributed by atoms with Crippen molar-refractivity contribution >= 4 is 11.9 Å². The van der Waals surface area contributed by atoms with Crippen LogP contribution in [0.3, 0.4) is 0 Å². The minimum Gasteiger partial charge on any atom is -0.462 e. The van der Waals surface area contributed by atoms with E-state index in [0.29, 0.717) is 11.5 Å². The molecule has 0 bridgehead atoms. The molecule has 5 nitrogen and oxygen atoms in total. The summed E-state index contributed by atoms with van der Waals surface area (Å²) in [6, 6.07) is 7.15. The highest BCUT2D eigenvalue weighted by atomic mass is 16.5. The fraction of sp³-hybridized carbons (Fsp3) is 0.707. The van der Waals surface area contributed by atoms with Gasteiger partial charge in [-0.3, -0.25) is 0 Å². The molecule has 1 aromatic rings. The van der Waals surface area contributed by atoms with E-state index in [1.807, 2.05) is 0 Å². The molecule has 2 unspecified atom stereocenters. The van der Waals surface area contributed by atoms with Gasteiger partial charge in [-0.2, -0.15) is 0 Å². The first kappa shape index (κ1) is 36.4. The zero-order valence-electron chi connectivity index (χ0n) is 29.0. The topological polar surface area (TPSA) is 72.8 Å². The number of benzene rings is 1. The zero-order valence-corrected chi connectivity index (χ0v) is 29.0. The molecule has 4 rings (SSSR count). The maximum Gasteiger partial charge on any atom is 0.335 e. The summed E-state index contributed by atoms with van der Waals surface area (Å²) in [6.07, 6.45) is 23.9. The van der Waals surface area contributed by atoms with Gasteiger partial charge in [0.2, 0.25) is 0 Å². The van der Waals surface area contributed by atoms with Crippen LogP contribution in [0.2, 0.25) is 0 Å². The number of carbonyl (C=O) groups is 2. The van der Waals surface area contributed by atoms with Crippen molar-refractivity contribution in [3.63, 3.8) is 0 Å². The smallest absolute Gasteiger partial charge is 0.335 e. The molecule has 5 heteroatoms. The number of aliphatic hydroxyl groups is 1. The minimum absolute atomic E-state index is 0.0262. The van der Waals surface area contributed by atoms with E-state index < -0.39 is 18.5 Å². The van der Waals surface area contributed by atoms with Crippen molar-refractivity contribution in [2.75, 3.05) is 19.8 Å². The maximum atomic E-state index is 12.1. The van der Waals surface area contributed by atoms with Gasteiger partial charge in [-0.05, 0) is 117 Å². The van der Waals surface area contributed by atoms with E-state index in [2.05, 4.69) is 38.3 Å². The summed E-state index contributed by atoms with van der Waals surface area (Å²) < 4.78 is 10.8. The molecule has 0 amide bonds. The average molecular weight is 635 g/mol. The van der Waals surface area contributed by atoms with Crippen LogP contribution in [0.5, 0.6) is 0 Å². The van der Waals surface area contributed by atoms with Crippen molar-refractivity contribution in [3.8, 4) is 0 Å². The molecule has 0 saturated heterocycles. The number of hydrogen-bond acceptors (Lipinski definition) is 5. The third kappa shape index (κ3) is 11.4. The standard InChI is InChI=1S/C41H62O5/c1-5-6-7-8-31-11-17-36(18-12-31)37-19-13-32(14-20-37)9-10-33-15-21-39-25-34(16-22-38(39)24-33)23-35(27-45-40(43)29(2)3)28-46-41(44)30(4)26-42/h15,21,24,31-32,34-37,42H,2,4-14,16-20,22-23,25-28H2,1,3H3. The van der Waals surface area contributed by atoms with Crippen LogP contribution >= 0.6 is 0 Å². The second kappa shape index (κ2) is 18.8. The van der Waals surface area contributed by atoms with Crippen LogP contribution in [-0.4, -0.2) is 36.9 Å². The largest absolute Gasteiger partial charge is 0.462 e. The lowest BCUT2D eigenvalue weighted by Gasteiger charge is -2.38. The first-order chi connectivity index (χ1) is 22.2. The number of esters is 2. The van der Waals surface area contributed by atoms with Crippen molar-refractivity contribution in [3.05, 3.63) is 59.2 Å². The van der Waals surface area contributed by atoms with Gasteiger partial charge >= 0.3 is 11.9 Å². The van der Waals surface area contributed by atoms with E-state index >= 15 is 0 Å². The molecule has 3 aliphatic rings. The Labute approximate surface area is 279 Å². The van der Waals surface area contributed by atoms with E-state index in [-0.39, 0.29) is 24.7 Å². The SMILES string of the molecule is C=C(C)C(=O)OCC(COC(=O)C(=C)CO)CC1CCc2cc(CCC3CCC(C4CCC(CCCCC)CC4)CC3)ccc2C1. The molecule has 1 N–H and O–H groups in total. The average Bonchev–Trinajstić information content (AvgIpc) is 3.08. The highest BCUT2D eigenvalue weighted by molar-refractivity contribution is 5.88. The number of hydrogen-bond donors (Lipinski definition) is 1. The fourth-order valence-electron chi connectivity index (χ4n) is 8.52. The van der Waals surface area contributed by atoms with Crippen molar-refractivity contribution in [2.45, 2.75) is 129 Å². The van der Waals surface area contributed by atoms with Crippen molar-refractivity contribution in [1.82, 2.24) is 0 Å². The molecule has 0 radical (unpaired) electrons. The van der Waals surface area contributed by atoms with Gasteiger partial charge in [0.15, 0.2) is 0 Å². The Balaban J connectivity index is 1.19. The molecular formula is C41H62O5. The molecule has 0 spiro atoms. The molecule has 256 valence electrons. The van der Waals surface area contributed by atoms with Gasteiger partial charge in [-0.1, -0.05) is 89.6 Å². The monoisotopic (exact) mass is 634 g/mol.